The number of aryl methyl sites for hydroxylation is 2. The fraction of sp³-hybridized carbons (Fsp3) is 0.0217. The van der Waals surface area contributed by atoms with Crippen LogP contribution in [0.5, 0.6) is 57.5 Å². The van der Waals surface area contributed by atoms with Crippen LogP contribution in [0.2, 0.25) is 0 Å². The topological polar surface area (TPSA) is 49.4 Å². The molecule has 0 aromatic heterocycles. The van der Waals surface area contributed by atoms with Gasteiger partial charge in [-0.15, -0.1) is 0 Å². The van der Waals surface area contributed by atoms with Crippen LogP contribution >= 0.6 is 11.8 Å². The summed E-state index contributed by atoms with van der Waals surface area (Å²) in [4.78, 5) is 4.75. The van der Waals surface area contributed by atoms with Crippen LogP contribution in [0.25, 0.3) is 0 Å². The second-order valence-corrected chi connectivity index (χ2v) is 36.8. The number of para-hydroxylation sites is 3. The zero-order valence-corrected chi connectivity index (χ0v) is 59.8. The van der Waals surface area contributed by atoms with E-state index in [0.29, 0.717) is 0 Å². The molecule has 0 saturated heterocycles. The molecule has 15 aromatic carbocycles. The van der Waals surface area contributed by atoms with Gasteiger partial charge in [0.05, 0.1) is 5.69 Å². The minimum atomic E-state index is -3.22. The van der Waals surface area contributed by atoms with E-state index in [2.05, 4.69) is 358 Å². The summed E-state index contributed by atoms with van der Waals surface area (Å²) in [6.45, 7) is 3.63. The molecule has 0 atom stereocenters. The first-order valence-corrected chi connectivity index (χ1v) is 40.6. The number of ether oxygens (including phenoxy) is 5. The summed E-state index contributed by atoms with van der Waals surface area (Å²) in [6, 6.07) is 125. The summed E-state index contributed by atoms with van der Waals surface area (Å²) >= 11 is 1.75. The molecule has 0 aliphatic carbocycles. The molecule has 12 heteroatoms. The minimum absolute atomic E-state index is 0.207. The van der Waals surface area contributed by atoms with Gasteiger partial charge >= 0.3 is 0 Å². The normalized spacial score (nSPS) is 13.4. The van der Waals surface area contributed by atoms with Gasteiger partial charge in [-0.25, -0.2) is 0 Å². The maximum absolute atomic E-state index is 7.92. The van der Waals surface area contributed by atoms with Crippen molar-refractivity contribution < 1.29 is 23.7 Å². The van der Waals surface area contributed by atoms with Gasteiger partial charge in [-0.05, 0) is 165 Å². The Balaban J connectivity index is 0.828. The lowest BCUT2D eigenvalue weighted by Crippen LogP contribution is -2.75. The van der Waals surface area contributed by atoms with Crippen LogP contribution in [0.3, 0.4) is 0 Å². The summed E-state index contributed by atoms with van der Waals surface area (Å²) in [5.41, 5.74) is 15.2. The first-order chi connectivity index (χ1) is 51.4. The van der Waals surface area contributed by atoms with Crippen LogP contribution in [-0.4, -0.2) is 36.3 Å². The largest absolute Gasteiger partial charge is 0.458 e. The third-order valence-corrected chi connectivity index (χ3v) is 33.0. The lowest BCUT2D eigenvalue weighted by Gasteiger charge is -2.43. The second kappa shape index (κ2) is 23.8. The predicted octanol–water partition coefficient (Wildman–Crippen LogP) is 11.1. The Hall–Kier alpha value is -11.9. The van der Waals surface area contributed by atoms with Crippen molar-refractivity contribution in [2.75, 3.05) is 4.90 Å². The Bertz CT molecular complexity index is 5790. The highest BCUT2D eigenvalue weighted by atomic mass is 32.2. The van der Waals surface area contributed by atoms with Crippen molar-refractivity contribution in [1.82, 2.24) is 0 Å². The number of nitrogens with zero attached hydrogens (tertiary/aromatic N) is 1. The van der Waals surface area contributed by atoms with Crippen molar-refractivity contribution in [3.8, 4) is 57.5 Å². The molecule has 21 rings (SSSR count). The van der Waals surface area contributed by atoms with E-state index >= 15 is 0 Å². The fourth-order valence-corrected chi connectivity index (χ4v) is 28.7. The molecule has 104 heavy (non-hydrogen) atoms. The van der Waals surface area contributed by atoms with Crippen molar-refractivity contribution in [1.29, 1.82) is 0 Å². The van der Waals surface area contributed by atoms with Crippen LogP contribution in [0.15, 0.2) is 350 Å². The molecule has 6 nitrogen and oxygen atoms in total. The number of hydrogen-bond acceptors (Lipinski definition) is 7. The molecule has 15 aromatic rings. The third kappa shape index (κ3) is 9.11. The Morgan fingerprint density at radius 1 is 0.240 bits per heavy atom. The van der Waals surface area contributed by atoms with Crippen molar-refractivity contribution in [2.24, 2.45) is 0 Å². The van der Waals surface area contributed by atoms with E-state index in [1.54, 1.807) is 11.8 Å². The monoisotopic (exact) mass is 1380 g/mol. The van der Waals surface area contributed by atoms with E-state index in [-0.39, 0.29) is 20.1 Å². The molecule has 0 saturated carbocycles. The Morgan fingerprint density at radius 3 is 1.00 bits per heavy atom. The SMILES string of the molecule is Cc1cccc(C)c1N1c2cc3c(cc2B2c4ccccc4Oc4cc(Sc5ccccc5)cc1c42)B1c2cc4c(cc2Oc2cc([Si](c5ccccc5)(c5ccccc5)c5ccccc5)cc(c21)O3)Oc1cc([Si](c2ccccc2)(c2ccccc2)c2ccccc2)cc2c1B4c1ccccc1O2. The maximum Gasteiger partial charge on any atom is 0.260 e. The van der Waals surface area contributed by atoms with Crippen LogP contribution < -0.4 is 119 Å². The quantitative estimate of drug-likeness (QED) is 0.0945. The van der Waals surface area contributed by atoms with E-state index in [1.165, 1.54) is 31.1 Å². The number of rotatable bonds is 11. The molecule has 0 fully saturated rings. The Kier molecular flexibility index (Phi) is 13.9. The van der Waals surface area contributed by atoms with Gasteiger partial charge in [-0.2, -0.15) is 0 Å². The Morgan fingerprint density at radius 2 is 0.577 bits per heavy atom. The van der Waals surface area contributed by atoms with Crippen molar-refractivity contribution in [3.05, 3.63) is 351 Å². The van der Waals surface area contributed by atoms with Crippen LogP contribution in [0, 0.1) is 13.8 Å². The zero-order valence-electron chi connectivity index (χ0n) is 57.0. The lowest BCUT2D eigenvalue weighted by atomic mass is 9.30. The summed E-state index contributed by atoms with van der Waals surface area (Å²) in [5, 5.41) is 9.85. The van der Waals surface area contributed by atoms with Gasteiger partial charge in [0.2, 0.25) is 0 Å². The molecular weight excluding hydrogens is 1320 g/mol. The predicted molar refractivity (Wildman–Crippen MR) is 435 cm³/mol. The van der Waals surface area contributed by atoms with Gasteiger partial charge in [0, 0.05) is 44.2 Å². The van der Waals surface area contributed by atoms with Gasteiger partial charge in [-0.3, -0.25) is 0 Å². The van der Waals surface area contributed by atoms with Gasteiger partial charge < -0.3 is 28.6 Å². The molecule has 0 N–H and O–H groups in total. The van der Waals surface area contributed by atoms with Crippen LogP contribution in [0.4, 0.5) is 17.1 Å². The average Bonchev–Trinajstić information content (AvgIpc) is 0.694. The summed E-state index contributed by atoms with van der Waals surface area (Å²) < 4.78 is 37.9. The second-order valence-electron chi connectivity index (χ2n) is 28.1. The van der Waals surface area contributed by atoms with E-state index in [0.717, 1.165) is 155 Å². The molecule has 0 bridgehead atoms. The molecule has 6 aliphatic rings. The van der Waals surface area contributed by atoms with Crippen molar-refractivity contribution in [3.63, 3.8) is 0 Å². The summed E-state index contributed by atoms with van der Waals surface area (Å²) in [7, 11) is -6.32. The number of fused-ring (bicyclic) bond motifs is 12. The van der Waals surface area contributed by atoms with Gasteiger partial charge in [0.15, 0.2) is 16.1 Å². The first-order valence-electron chi connectivity index (χ1n) is 35.8. The minimum Gasteiger partial charge on any atom is -0.458 e. The third-order valence-electron chi connectivity index (χ3n) is 22.5. The number of anilines is 3. The van der Waals surface area contributed by atoms with Crippen molar-refractivity contribution in [2.45, 2.75) is 23.6 Å². The van der Waals surface area contributed by atoms with Crippen LogP contribution in [-0.2, 0) is 0 Å². The van der Waals surface area contributed by atoms with E-state index < -0.39 is 16.1 Å². The maximum atomic E-state index is 7.92. The summed E-state index contributed by atoms with van der Waals surface area (Å²) in [6.07, 6.45) is 0. The van der Waals surface area contributed by atoms with E-state index in [4.69, 9.17) is 23.7 Å². The van der Waals surface area contributed by atoms with Gasteiger partial charge in [-0.1, -0.05) is 279 Å². The van der Waals surface area contributed by atoms with E-state index in [9.17, 15) is 0 Å². The van der Waals surface area contributed by atoms with E-state index in [1.807, 2.05) is 0 Å². The highest BCUT2D eigenvalue weighted by Gasteiger charge is 2.52. The molecule has 6 heterocycles. The smallest absolute Gasteiger partial charge is 0.260 e. The standard InChI is InChI=1S/C92H62B3NO5SSi2/c1-59-29-28-30-60(2)92(59)96-77-57-81-74(55-73(77)93-71-45-24-26-47-79(71)97-84-50-62(49-78(96)89(84)93)102-61-31-10-3-11-32-61)95-76-56-75-82(58-83(76)101-88-54-70(53-87(99-81)91(88)95)104(66-39-18-7-19-40-66,67-41-20-8-21-42-67)68-43-22-9-23-44-68)100-86-52-69(51-85-90(86)94(75)72-46-25-27-48-80(72)98-85)103(63-33-12-4-13-34-63,64-35-14-5-15-36-64)65-37-16-6-17-38-65/h3-58H,1-2H3. The molecule has 0 unspecified atom stereocenters. The molecule has 6 aliphatic heterocycles. The van der Waals surface area contributed by atoms with Gasteiger partial charge in [0.1, 0.15) is 57.5 Å². The van der Waals surface area contributed by atoms with Gasteiger partial charge in [0.25, 0.3) is 20.1 Å². The van der Waals surface area contributed by atoms with Crippen LogP contribution in [0.1, 0.15) is 11.1 Å². The summed E-state index contributed by atoms with van der Waals surface area (Å²) in [5.74, 6) is 7.86. The zero-order chi connectivity index (χ0) is 68.8. The highest BCUT2D eigenvalue weighted by Crippen LogP contribution is 2.48. The number of hydrogen-bond donors (Lipinski definition) is 0. The Labute approximate surface area is 612 Å². The molecular formula is C92H62B3NO5SSi2. The molecule has 0 spiro atoms. The molecule has 488 valence electrons. The fourth-order valence-electron chi connectivity index (χ4n) is 18.2. The van der Waals surface area contributed by atoms with Crippen molar-refractivity contribution >= 4 is 156 Å². The first kappa shape index (κ1) is 60.8. The highest BCUT2D eigenvalue weighted by molar-refractivity contribution is 7.99. The molecule has 0 amide bonds. The number of benzene rings is 15. The lowest BCUT2D eigenvalue weighted by molar-refractivity contribution is 0.452. The molecule has 0 radical (unpaired) electrons. The average molecular weight is 1380 g/mol.